The van der Waals surface area contributed by atoms with Gasteiger partial charge in [0, 0.05) is 30.9 Å². The number of imidazole rings is 1. The lowest BCUT2D eigenvalue weighted by molar-refractivity contribution is -0.134. The Morgan fingerprint density at radius 3 is 2.67 bits per heavy atom. The molecule has 1 amide bonds. The minimum atomic E-state index is -0.158. The second kappa shape index (κ2) is 8.61. The van der Waals surface area contributed by atoms with E-state index in [9.17, 15) is 4.79 Å². The lowest BCUT2D eigenvalue weighted by Crippen LogP contribution is -2.50. The van der Waals surface area contributed by atoms with Crippen molar-refractivity contribution in [2.45, 2.75) is 84.6 Å². The molecule has 0 spiro atoms. The Bertz CT molecular complexity index is 1020. The average molecular weight is 452 g/mol. The Balaban J connectivity index is 1.39. The van der Waals surface area contributed by atoms with Gasteiger partial charge in [0.05, 0.1) is 11.9 Å². The molecular weight excluding hydrogens is 414 g/mol. The van der Waals surface area contributed by atoms with Crippen LogP contribution in [0, 0.1) is 5.41 Å². The summed E-state index contributed by atoms with van der Waals surface area (Å²) in [6.45, 7) is 11.4. The van der Waals surface area contributed by atoms with Gasteiger partial charge in [0.2, 0.25) is 17.8 Å². The van der Waals surface area contributed by atoms with Crippen molar-refractivity contribution in [1.82, 2.24) is 24.8 Å². The van der Waals surface area contributed by atoms with Crippen LogP contribution in [0.4, 0.5) is 17.7 Å². The third-order valence-corrected chi connectivity index (χ3v) is 7.60. The molecule has 1 unspecified atom stereocenters. The van der Waals surface area contributed by atoms with Gasteiger partial charge in [-0.2, -0.15) is 4.98 Å². The van der Waals surface area contributed by atoms with Gasteiger partial charge in [-0.3, -0.25) is 4.79 Å². The molecule has 0 bridgehead atoms. The molecule has 2 N–H and O–H groups in total. The molecule has 2 fully saturated rings. The number of piperidine rings is 1. The molecule has 2 saturated heterocycles. The highest BCUT2D eigenvalue weighted by Gasteiger charge is 2.38. The number of hydrogen-bond donors (Lipinski definition) is 2. The van der Waals surface area contributed by atoms with E-state index in [1.54, 1.807) is 0 Å². The van der Waals surface area contributed by atoms with E-state index in [4.69, 9.17) is 9.97 Å². The van der Waals surface area contributed by atoms with Gasteiger partial charge in [0.1, 0.15) is 11.9 Å². The molecular formula is C25H37N7O. The summed E-state index contributed by atoms with van der Waals surface area (Å²) in [6, 6.07) is -0.158. The molecule has 4 heterocycles. The lowest BCUT2D eigenvalue weighted by atomic mass is 9.82. The van der Waals surface area contributed by atoms with Crippen LogP contribution in [0.2, 0.25) is 0 Å². The molecule has 178 valence electrons. The number of carbonyl (C=O) groups excluding carboxylic acids is 1. The number of aryl methyl sites for hydroxylation is 1. The Morgan fingerprint density at radius 2 is 1.94 bits per heavy atom. The fourth-order valence-corrected chi connectivity index (χ4v) is 5.26. The van der Waals surface area contributed by atoms with Crippen molar-refractivity contribution < 1.29 is 4.79 Å². The smallest absolute Gasteiger partial charge is 0.245 e. The predicted octanol–water partition coefficient (Wildman–Crippen LogP) is 4.17. The molecule has 0 aromatic carbocycles. The summed E-state index contributed by atoms with van der Waals surface area (Å²) in [7, 11) is 0. The molecule has 33 heavy (non-hydrogen) atoms. The summed E-state index contributed by atoms with van der Waals surface area (Å²) >= 11 is 0. The molecule has 1 atom stereocenters. The number of fused-ring (bicyclic) bond motifs is 1. The van der Waals surface area contributed by atoms with Crippen molar-refractivity contribution in [1.29, 1.82) is 0 Å². The largest absolute Gasteiger partial charge is 0.341 e. The zero-order valence-electron chi connectivity index (χ0n) is 20.4. The third-order valence-electron chi connectivity index (χ3n) is 7.60. The average Bonchev–Trinajstić information content (AvgIpc) is 3.53. The quantitative estimate of drug-likeness (QED) is 0.709. The van der Waals surface area contributed by atoms with E-state index < -0.39 is 0 Å². The second-order valence-corrected chi connectivity index (χ2v) is 11.0. The summed E-state index contributed by atoms with van der Waals surface area (Å²) < 4.78 is 0. The van der Waals surface area contributed by atoms with Gasteiger partial charge >= 0.3 is 0 Å². The van der Waals surface area contributed by atoms with Gasteiger partial charge in [-0.15, -0.1) is 0 Å². The molecule has 0 saturated carbocycles. The number of rotatable bonds is 5. The van der Waals surface area contributed by atoms with E-state index >= 15 is 0 Å². The number of aromatic amines is 1. The molecule has 2 aromatic rings. The van der Waals surface area contributed by atoms with Crippen molar-refractivity contribution >= 4 is 23.6 Å². The molecule has 3 aliphatic rings. The van der Waals surface area contributed by atoms with Crippen LogP contribution in [0.3, 0.4) is 0 Å². The Kier molecular flexibility index (Phi) is 5.79. The van der Waals surface area contributed by atoms with Crippen LogP contribution < -0.4 is 10.2 Å². The number of hydrogen-bond acceptors (Lipinski definition) is 6. The SMILES string of the molecule is CC(C)c1cnc(Nc2nc(N3CCCC3C(=O)N3CCC(C)(C)CC3)nc3c2CCC3)[nH]1. The highest BCUT2D eigenvalue weighted by molar-refractivity contribution is 5.85. The van der Waals surface area contributed by atoms with E-state index in [1.165, 1.54) is 5.56 Å². The second-order valence-electron chi connectivity index (χ2n) is 11.0. The number of H-pyrrole nitrogens is 1. The van der Waals surface area contributed by atoms with Crippen LogP contribution >= 0.6 is 0 Å². The molecule has 8 nitrogen and oxygen atoms in total. The topological polar surface area (TPSA) is 90.0 Å². The molecule has 1 aliphatic carbocycles. The maximum absolute atomic E-state index is 13.5. The minimum absolute atomic E-state index is 0.158. The number of nitrogens with one attached hydrogen (secondary N) is 2. The van der Waals surface area contributed by atoms with E-state index in [-0.39, 0.29) is 11.9 Å². The maximum atomic E-state index is 13.5. The zero-order chi connectivity index (χ0) is 23.2. The summed E-state index contributed by atoms with van der Waals surface area (Å²) in [6.07, 6.45) is 8.90. The van der Waals surface area contributed by atoms with E-state index in [0.717, 1.165) is 81.8 Å². The maximum Gasteiger partial charge on any atom is 0.245 e. The summed E-state index contributed by atoms with van der Waals surface area (Å²) in [5.41, 5.74) is 3.72. The number of anilines is 3. The monoisotopic (exact) mass is 451 g/mol. The van der Waals surface area contributed by atoms with Crippen LogP contribution in [-0.4, -0.2) is 56.4 Å². The highest BCUT2D eigenvalue weighted by atomic mass is 16.2. The number of carbonyl (C=O) groups is 1. The van der Waals surface area contributed by atoms with Crippen molar-refractivity contribution in [2.24, 2.45) is 5.41 Å². The zero-order valence-corrected chi connectivity index (χ0v) is 20.4. The van der Waals surface area contributed by atoms with Gasteiger partial charge in [-0.1, -0.05) is 27.7 Å². The van der Waals surface area contributed by atoms with Crippen molar-refractivity contribution in [3.8, 4) is 0 Å². The molecule has 2 aromatic heterocycles. The minimum Gasteiger partial charge on any atom is -0.341 e. The summed E-state index contributed by atoms with van der Waals surface area (Å²) in [4.78, 5) is 35.4. The molecule has 2 aliphatic heterocycles. The molecule has 5 rings (SSSR count). The standard InChI is InChI=1S/C25H37N7O/c1-16(2)19-15-26-23(27-19)29-21-17-7-5-8-18(17)28-24(30-21)32-12-6-9-20(32)22(33)31-13-10-25(3,4)11-14-31/h15-16,20H,5-14H2,1-4H3,(H2,26,27,28,29,30). The van der Waals surface area contributed by atoms with Gasteiger partial charge in [-0.05, 0) is 56.3 Å². The van der Waals surface area contributed by atoms with Crippen LogP contribution in [0.15, 0.2) is 6.20 Å². The molecule has 0 radical (unpaired) electrons. The fourth-order valence-electron chi connectivity index (χ4n) is 5.26. The third kappa shape index (κ3) is 4.44. The lowest BCUT2D eigenvalue weighted by Gasteiger charge is -2.39. The Morgan fingerprint density at radius 1 is 1.15 bits per heavy atom. The number of aromatic nitrogens is 4. The fraction of sp³-hybridized carbons (Fsp3) is 0.680. The van der Waals surface area contributed by atoms with E-state index in [1.807, 2.05) is 6.20 Å². The number of likely N-dealkylation sites (tertiary alicyclic amines) is 1. The normalized spacial score (nSPS) is 22.2. The first-order valence-electron chi connectivity index (χ1n) is 12.6. The first kappa shape index (κ1) is 22.2. The predicted molar refractivity (Wildman–Crippen MR) is 130 cm³/mol. The first-order valence-corrected chi connectivity index (χ1v) is 12.6. The highest BCUT2D eigenvalue weighted by Crippen LogP contribution is 2.34. The number of amides is 1. The van der Waals surface area contributed by atoms with Crippen LogP contribution in [0.5, 0.6) is 0 Å². The molecule has 8 heteroatoms. The van der Waals surface area contributed by atoms with Gasteiger partial charge in [0.15, 0.2) is 0 Å². The van der Waals surface area contributed by atoms with E-state index in [0.29, 0.717) is 23.2 Å². The Labute approximate surface area is 196 Å². The number of nitrogens with zero attached hydrogens (tertiary/aromatic N) is 5. The summed E-state index contributed by atoms with van der Waals surface area (Å²) in [5, 5.41) is 3.42. The van der Waals surface area contributed by atoms with Crippen molar-refractivity contribution in [2.75, 3.05) is 29.9 Å². The van der Waals surface area contributed by atoms with Crippen LogP contribution in [0.1, 0.15) is 82.7 Å². The van der Waals surface area contributed by atoms with Crippen molar-refractivity contribution in [3.63, 3.8) is 0 Å². The van der Waals surface area contributed by atoms with Crippen LogP contribution in [0.25, 0.3) is 0 Å². The van der Waals surface area contributed by atoms with Crippen LogP contribution in [-0.2, 0) is 17.6 Å². The van der Waals surface area contributed by atoms with Gasteiger partial charge in [-0.25, -0.2) is 9.97 Å². The first-order chi connectivity index (χ1) is 15.8. The summed E-state index contributed by atoms with van der Waals surface area (Å²) in [5.74, 6) is 2.85. The van der Waals surface area contributed by atoms with Crippen molar-refractivity contribution in [3.05, 3.63) is 23.1 Å². The van der Waals surface area contributed by atoms with Gasteiger partial charge < -0.3 is 20.1 Å². The Hall–Kier alpha value is -2.64. The van der Waals surface area contributed by atoms with Gasteiger partial charge in [0.25, 0.3) is 0 Å². The van der Waals surface area contributed by atoms with E-state index in [2.05, 4.69) is 52.8 Å².